The summed E-state index contributed by atoms with van der Waals surface area (Å²) in [5.41, 5.74) is 1.04. The van der Waals surface area contributed by atoms with Gasteiger partial charge in [-0.2, -0.15) is 0 Å². The normalized spacial score (nSPS) is 15.2. The van der Waals surface area contributed by atoms with E-state index in [4.69, 9.17) is 0 Å². The number of nitrogens with zero attached hydrogens (tertiary/aromatic N) is 1. The molecular formula is C22H28N2OS. The molecule has 0 spiro atoms. The van der Waals surface area contributed by atoms with Gasteiger partial charge < -0.3 is 5.32 Å². The second-order valence-corrected chi connectivity index (χ2v) is 8.25. The van der Waals surface area contributed by atoms with E-state index >= 15 is 0 Å². The van der Waals surface area contributed by atoms with E-state index in [1.54, 1.807) is 11.8 Å². The highest BCUT2D eigenvalue weighted by Crippen LogP contribution is 2.35. The summed E-state index contributed by atoms with van der Waals surface area (Å²) in [4.78, 5) is 16.5. The lowest BCUT2D eigenvalue weighted by Gasteiger charge is -2.26. The van der Waals surface area contributed by atoms with Crippen molar-refractivity contribution >= 4 is 17.7 Å². The molecule has 2 aromatic rings. The predicted molar refractivity (Wildman–Crippen MR) is 109 cm³/mol. The molecule has 1 aliphatic carbocycles. The van der Waals surface area contributed by atoms with Crippen LogP contribution >= 0.6 is 11.8 Å². The van der Waals surface area contributed by atoms with Gasteiger partial charge in [0.25, 0.3) is 0 Å². The fourth-order valence-corrected chi connectivity index (χ4v) is 4.28. The van der Waals surface area contributed by atoms with Crippen LogP contribution < -0.4 is 5.32 Å². The van der Waals surface area contributed by atoms with Crippen molar-refractivity contribution in [3.8, 4) is 0 Å². The number of carbonyl (C=O) groups is 1. The SMILES string of the molecule is CC(C)N(CCNC(=O)C(Sc1ccccc1)c1ccccc1)C1CC1. The Morgan fingerprint density at radius 1 is 1.08 bits per heavy atom. The van der Waals surface area contributed by atoms with Crippen molar-refractivity contribution in [2.24, 2.45) is 0 Å². The van der Waals surface area contributed by atoms with Gasteiger partial charge in [-0.1, -0.05) is 48.5 Å². The van der Waals surface area contributed by atoms with Crippen molar-refractivity contribution in [1.82, 2.24) is 10.2 Å². The maximum atomic E-state index is 12.9. The first-order chi connectivity index (χ1) is 12.6. The molecule has 0 aromatic heterocycles. The number of amides is 1. The second kappa shape index (κ2) is 9.24. The molecule has 3 nitrogen and oxygen atoms in total. The average Bonchev–Trinajstić information content (AvgIpc) is 3.49. The Hall–Kier alpha value is -1.78. The highest BCUT2D eigenvalue weighted by atomic mass is 32.2. The molecule has 1 fully saturated rings. The van der Waals surface area contributed by atoms with Crippen LogP contribution in [0.1, 0.15) is 37.5 Å². The Kier molecular flexibility index (Phi) is 6.75. The summed E-state index contributed by atoms with van der Waals surface area (Å²) in [6.45, 7) is 6.09. The van der Waals surface area contributed by atoms with Gasteiger partial charge in [-0.25, -0.2) is 0 Å². The van der Waals surface area contributed by atoms with Gasteiger partial charge in [0.1, 0.15) is 5.25 Å². The summed E-state index contributed by atoms with van der Waals surface area (Å²) < 4.78 is 0. The van der Waals surface area contributed by atoms with E-state index in [2.05, 4.69) is 36.2 Å². The van der Waals surface area contributed by atoms with Crippen LogP contribution in [-0.4, -0.2) is 36.0 Å². The summed E-state index contributed by atoms with van der Waals surface area (Å²) in [5, 5.41) is 2.94. The molecule has 0 aliphatic heterocycles. The van der Waals surface area contributed by atoms with Crippen LogP contribution in [-0.2, 0) is 4.79 Å². The van der Waals surface area contributed by atoms with Crippen molar-refractivity contribution < 1.29 is 4.79 Å². The predicted octanol–water partition coefficient (Wildman–Crippen LogP) is 4.51. The van der Waals surface area contributed by atoms with Crippen LogP contribution in [0.5, 0.6) is 0 Å². The first kappa shape index (κ1) is 19.0. The number of hydrogen-bond acceptors (Lipinski definition) is 3. The minimum atomic E-state index is -0.230. The van der Waals surface area contributed by atoms with Crippen LogP contribution in [0.2, 0.25) is 0 Å². The third kappa shape index (κ3) is 5.36. The lowest BCUT2D eigenvalue weighted by molar-refractivity contribution is -0.120. The Balaban J connectivity index is 1.63. The molecule has 0 radical (unpaired) electrons. The molecule has 26 heavy (non-hydrogen) atoms. The van der Waals surface area contributed by atoms with Crippen LogP contribution in [0.3, 0.4) is 0 Å². The zero-order valence-electron chi connectivity index (χ0n) is 15.6. The maximum Gasteiger partial charge on any atom is 0.238 e. The van der Waals surface area contributed by atoms with E-state index in [1.807, 2.05) is 48.5 Å². The fraction of sp³-hybridized carbons (Fsp3) is 0.409. The van der Waals surface area contributed by atoms with Crippen molar-refractivity contribution in [3.63, 3.8) is 0 Å². The largest absolute Gasteiger partial charge is 0.354 e. The van der Waals surface area contributed by atoms with Crippen molar-refractivity contribution in [2.45, 2.75) is 48.9 Å². The summed E-state index contributed by atoms with van der Waals surface area (Å²) in [7, 11) is 0. The molecule has 2 aromatic carbocycles. The molecule has 1 saturated carbocycles. The third-order valence-electron chi connectivity index (χ3n) is 4.69. The molecule has 138 valence electrons. The minimum absolute atomic E-state index is 0.0876. The summed E-state index contributed by atoms with van der Waals surface area (Å²) in [5.74, 6) is 0.0876. The molecule has 1 atom stereocenters. The molecule has 4 heteroatoms. The zero-order chi connectivity index (χ0) is 18.4. The van der Waals surface area contributed by atoms with Crippen molar-refractivity contribution in [1.29, 1.82) is 0 Å². The van der Waals surface area contributed by atoms with E-state index in [0.717, 1.165) is 23.0 Å². The Morgan fingerprint density at radius 3 is 2.27 bits per heavy atom. The highest BCUT2D eigenvalue weighted by molar-refractivity contribution is 8.00. The first-order valence-electron chi connectivity index (χ1n) is 9.45. The number of benzene rings is 2. The lowest BCUT2D eigenvalue weighted by atomic mass is 10.1. The number of hydrogen-bond donors (Lipinski definition) is 1. The van der Waals surface area contributed by atoms with E-state index in [0.29, 0.717) is 12.6 Å². The Bertz CT molecular complexity index is 684. The van der Waals surface area contributed by atoms with Gasteiger partial charge >= 0.3 is 0 Å². The summed E-state index contributed by atoms with van der Waals surface area (Å²) >= 11 is 1.61. The van der Waals surface area contributed by atoms with E-state index in [-0.39, 0.29) is 11.2 Å². The smallest absolute Gasteiger partial charge is 0.238 e. The van der Waals surface area contributed by atoms with Crippen LogP contribution in [0.25, 0.3) is 0 Å². The summed E-state index contributed by atoms with van der Waals surface area (Å²) in [6.07, 6.45) is 2.59. The molecule has 0 bridgehead atoms. The van der Waals surface area contributed by atoms with Gasteiger partial charge in [-0.3, -0.25) is 9.69 Å². The quantitative estimate of drug-likeness (QED) is 0.661. The van der Waals surface area contributed by atoms with Gasteiger partial charge in [-0.15, -0.1) is 11.8 Å². The van der Waals surface area contributed by atoms with Crippen molar-refractivity contribution in [3.05, 3.63) is 66.2 Å². The molecule has 1 N–H and O–H groups in total. The van der Waals surface area contributed by atoms with Gasteiger partial charge in [-0.05, 0) is 44.4 Å². The molecular weight excluding hydrogens is 340 g/mol. The van der Waals surface area contributed by atoms with E-state index in [1.165, 1.54) is 12.8 Å². The van der Waals surface area contributed by atoms with E-state index in [9.17, 15) is 4.79 Å². The Labute approximate surface area is 161 Å². The summed E-state index contributed by atoms with van der Waals surface area (Å²) in [6, 6.07) is 21.4. The van der Waals surface area contributed by atoms with Gasteiger partial charge in [0.15, 0.2) is 0 Å². The van der Waals surface area contributed by atoms with Crippen LogP contribution in [0.15, 0.2) is 65.6 Å². The molecule has 3 rings (SSSR count). The minimum Gasteiger partial charge on any atom is -0.354 e. The van der Waals surface area contributed by atoms with Crippen molar-refractivity contribution in [2.75, 3.05) is 13.1 Å². The van der Waals surface area contributed by atoms with E-state index < -0.39 is 0 Å². The van der Waals surface area contributed by atoms with Gasteiger partial charge in [0.2, 0.25) is 5.91 Å². The number of nitrogens with one attached hydrogen (secondary N) is 1. The standard InChI is InChI=1S/C22H28N2OS/c1-17(2)24(19-13-14-19)16-15-23-22(25)21(18-9-5-3-6-10-18)26-20-11-7-4-8-12-20/h3-12,17,19,21H,13-16H2,1-2H3,(H,23,25). The molecule has 0 saturated heterocycles. The monoisotopic (exact) mass is 368 g/mol. The zero-order valence-corrected chi connectivity index (χ0v) is 16.4. The highest BCUT2D eigenvalue weighted by Gasteiger charge is 2.30. The van der Waals surface area contributed by atoms with Gasteiger partial charge in [0, 0.05) is 30.1 Å². The molecule has 0 heterocycles. The van der Waals surface area contributed by atoms with Crippen LogP contribution in [0.4, 0.5) is 0 Å². The fourth-order valence-electron chi connectivity index (χ4n) is 3.21. The second-order valence-electron chi connectivity index (χ2n) is 7.08. The van der Waals surface area contributed by atoms with Gasteiger partial charge in [0.05, 0.1) is 0 Å². The number of rotatable bonds is 9. The number of carbonyl (C=O) groups excluding carboxylic acids is 1. The third-order valence-corrected chi connectivity index (χ3v) is 5.95. The van der Waals surface area contributed by atoms with Crippen LogP contribution in [0, 0.1) is 0 Å². The topological polar surface area (TPSA) is 32.3 Å². The number of thioether (sulfide) groups is 1. The first-order valence-corrected chi connectivity index (χ1v) is 10.3. The lowest BCUT2D eigenvalue weighted by Crippen LogP contribution is -2.40. The molecule has 1 amide bonds. The average molecular weight is 369 g/mol. The molecule has 1 unspecified atom stereocenters. The molecule has 1 aliphatic rings. The Morgan fingerprint density at radius 2 is 1.69 bits per heavy atom. The maximum absolute atomic E-state index is 12.9.